The standard InChI is InChI=1S/C18H28N2O/c1-14(13-21-2)11-20-12-17(15-8-9-15)19-10-18(20)16-6-4-3-5-7-16/h3-7,14-15,17-19H,8-13H2,1-2H3. The third-order valence-corrected chi connectivity index (χ3v) is 4.82. The monoisotopic (exact) mass is 288 g/mol. The van der Waals surface area contributed by atoms with Gasteiger partial charge in [0.15, 0.2) is 0 Å². The summed E-state index contributed by atoms with van der Waals surface area (Å²) in [6.07, 6.45) is 2.82. The predicted octanol–water partition coefficient (Wildman–Crippen LogP) is 2.69. The second kappa shape index (κ2) is 6.91. The van der Waals surface area contributed by atoms with Crippen molar-refractivity contribution in [1.29, 1.82) is 0 Å². The molecule has 1 heterocycles. The van der Waals surface area contributed by atoms with E-state index in [4.69, 9.17) is 4.74 Å². The van der Waals surface area contributed by atoms with Crippen molar-refractivity contribution in [2.75, 3.05) is 33.4 Å². The highest BCUT2D eigenvalue weighted by Crippen LogP contribution is 2.36. The fraction of sp³-hybridized carbons (Fsp3) is 0.667. The van der Waals surface area contributed by atoms with E-state index in [0.29, 0.717) is 18.0 Å². The lowest BCUT2D eigenvalue weighted by molar-refractivity contribution is 0.0768. The Balaban J connectivity index is 1.70. The van der Waals surface area contributed by atoms with Crippen LogP contribution in [0.3, 0.4) is 0 Å². The summed E-state index contributed by atoms with van der Waals surface area (Å²) in [7, 11) is 1.80. The Morgan fingerprint density at radius 2 is 2.05 bits per heavy atom. The van der Waals surface area contributed by atoms with E-state index in [1.807, 2.05) is 0 Å². The van der Waals surface area contributed by atoms with Gasteiger partial charge in [-0.2, -0.15) is 0 Å². The molecule has 2 aliphatic rings. The van der Waals surface area contributed by atoms with Crippen LogP contribution in [0.1, 0.15) is 31.4 Å². The molecule has 0 aromatic heterocycles. The molecular weight excluding hydrogens is 260 g/mol. The van der Waals surface area contributed by atoms with Crippen molar-refractivity contribution >= 4 is 0 Å². The van der Waals surface area contributed by atoms with Crippen LogP contribution in [-0.4, -0.2) is 44.3 Å². The summed E-state index contributed by atoms with van der Waals surface area (Å²) >= 11 is 0. The highest BCUT2D eigenvalue weighted by atomic mass is 16.5. The zero-order chi connectivity index (χ0) is 14.7. The van der Waals surface area contributed by atoms with Crippen molar-refractivity contribution in [3.63, 3.8) is 0 Å². The number of methoxy groups -OCH3 is 1. The van der Waals surface area contributed by atoms with Gasteiger partial charge >= 0.3 is 0 Å². The van der Waals surface area contributed by atoms with E-state index in [-0.39, 0.29) is 0 Å². The average molecular weight is 288 g/mol. The van der Waals surface area contributed by atoms with E-state index in [2.05, 4.69) is 47.5 Å². The van der Waals surface area contributed by atoms with Crippen LogP contribution in [0.2, 0.25) is 0 Å². The van der Waals surface area contributed by atoms with Gasteiger partial charge in [-0.25, -0.2) is 0 Å². The Kier molecular flexibility index (Phi) is 4.94. The Morgan fingerprint density at radius 3 is 2.71 bits per heavy atom. The van der Waals surface area contributed by atoms with Crippen LogP contribution < -0.4 is 5.32 Å². The lowest BCUT2D eigenvalue weighted by Crippen LogP contribution is -2.54. The molecule has 3 nitrogen and oxygen atoms in total. The maximum Gasteiger partial charge on any atom is 0.0500 e. The lowest BCUT2D eigenvalue weighted by Gasteiger charge is -2.42. The van der Waals surface area contributed by atoms with E-state index in [1.165, 1.54) is 24.9 Å². The van der Waals surface area contributed by atoms with Crippen molar-refractivity contribution < 1.29 is 4.74 Å². The first kappa shape index (κ1) is 15.0. The van der Waals surface area contributed by atoms with Crippen LogP contribution >= 0.6 is 0 Å². The van der Waals surface area contributed by atoms with E-state index in [0.717, 1.165) is 25.6 Å². The molecule has 0 amide bonds. The fourth-order valence-electron chi connectivity index (χ4n) is 3.59. The smallest absolute Gasteiger partial charge is 0.0500 e. The first-order chi connectivity index (χ1) is 10.3. The van der Waals surface area contributed by atoms with Gasteiger partial charge in [-0.15, -0.1) is 0 Å². The predicted molar refractivity (Wildman–Crippen MR) is 86.3 cm³/mol. The summed E-state index contributed by atoms with van der Waals surface area (Å²) in [4.78, 5) is 2.68. The Bertz CT molecular complexity index is 432. The van der Waals surface area contributed by atoms with Gasteiger partial charge in [-0.3, -0.25) is 4.90 Å². The number of piperazine rings is 1. The molecule has 1 N–H and O–H groups in total. The van der Waals surface area contributed by atoms with Gasteiger partial charge in [0.2, 0.25) is 0 Å². The Morgan fingerprint density at radius 1 is 1.29 bits per heavy atom. The molecular formula is C18H28N2O. The third-order valence-electron chi connectivity index (χ3n) is 4.82. The Labute approximate surface area is 128 Å². The molecule has 0 bridgehead atoms. The summed E-state index contributed by atoms with van der Waals surface area (Å²) in [5.41, 5.74) is 1.43. The number of nitrogens with zero attached hydrogens (tertiary/aromatic N) is 1. The second-order valence-corrected chi connectivity index (χ2v) is 6.79. The molecule has 0 spiro atoms. The normalized spacial score (nSPS) is 28.5. The molecule has 2 fully saturated rings. The molecule has 1 saturated carbocycles. The minimum absolute atomic E-state index is 0.500. The van der Waals surface area contributed by atoms with E-state index in [1.54, 1.807) is 7.11 Å². The van der Waals surface area contributed by atoms with Crippen molar-refractivity contribution in [2.24, 2.45) is 11.8 Å². The van der Waals surface area contributed by atoms with Gasteiger partial charge in [0.05, 0.1) is 0 Å². The number of hydrogen-bond donors (Lipinski definition) is 1. The molecule has 0 radical (unpaired) electrons. The average Bonchev–Trinajstić information content (AvgIpc) is 3.33. The molecule has 1 aliphatic carbocycles. The SMILES string of the molecule is COCC(C)CN1CC(C2CC2)NCC1c1ccccc1. The number of nitrogens with one attached hydrogen (secondary N) is 1. The number of rotatable bonds is 6. The molecule has 1 saturated heterocycles. The third kappa shape index (κ3) is 3.85. The second-order valence-electron chi connectivity index (χ2n) is 6.79. The first-order valence-electron chi connectivity index (χ1n) is 8.29. The van der Waals surface area contributed by atoms with E-state index in [9.17, 15) is 0 Å². The van der Waals surface area contributed by atoms with Crippen molar-refractivity contribution in [2.45, 2.75) is 31.8 Å². The molecule has 116 valence electrons. The minimum Gasteiger partial charge on any atom is -0.384 e. The minimum atomic E-state index is 0.500. The molecule has 21 heavy (non-hydrogen) atoms. The summed E-state index contributed by atoms with van der Waals surface area (Å²) < 4.78 is 5.33. The van der Waals surface area contributed by atoms with Crippen LogP contribution in [0.25, 0.3) is 0 Å². The maximum atomic E-state index is 5.33. The van der Waals surface area contributed by atoms with Crippen LogP contribution in [0.5, 0.6) is 0 Å². The molecule has 3 unspecified atom stereocenters. The molecule has 3 rings (SSSR count). The van der Waals surface area contributed by atoms with Crippen LogP contribution in [-0.2, 0) is 4.74 Å². The van der Waals surface area contributed by atoms with Crippen molar-refractivity contribution in [3.05, 3.63) is 35.9 Å². The first-order valence-corrected chi connectivity index (χ1v) is 8.29. The lowest BCUT2D eigenvalue weighted by atomic mass is 9.98. The van der Waals surface area contributed by atoms with Gasteiger partial charge < -0.3 is 10.1 Å². The van der Waals surface area contributed by atoms with Crippen LogP contribution in [0, 0.1) is 11.8 Å². The largest absolute Gasteiger partial charge is 0.384 e. The summed E-state index contributed by atoms with van der Waals surface area (Å²) in [5.74, 6) is 1.50. The van der Waals surface area contributed by atoms with Gasteiger partial charge in [0.25, 0.3) is 0 Å². The zero-order valence-electron chi connectivity index (χ0n) is 13.3. The molecule has 1 aliphatic heterocycles. The highest BCUT2D eigenvalue weighted by molar-refractivity contribution is 5.20. The van der Waals surface area contributed by atoms with E-state index < -0.39 is 0 Å². The molecule has 1 aromatic rings. The van der Waals surface area contributed by atoms with E-state index >= 15 is 0 Å². The van der Waals surface area contributed by atoms with Gasteiger partial charge in [0.1, 0.15) is 0 Å². The summed E-state index contributed by atoms with van der Waals surface area (Å²) in [5, 5.41) is 3.79. The van der Waals surface area contributed by atoms with Gasteiger partial charge in [-0.05, 0) is 30.2 Å². The van der Waals surface area contributed by atoms with Gasteiger partial charge in [0, 0.05) is 45.4 Å². The number of ether oxygens (including phenoxy) is 1. The number of hydrogen-bond acceptors (Lipinski definition) is 3. The molecule has 1 aromatic carbocycles. The molecule has 3 heteroatoms. The number of benzene rings is 1. The highest BCUT2D eigenvalue weighted by Gasteiger charge is 2.37. The fourth-order valence-corrected chi connectivity index (χ4v) is 3.59. The quantitative estimate of drug-likeness (QED) is 0.871. The molecule has 3 atom stereocenters. The van der Waals surface area contributed by atoms with Crippen LogP contribution in [0.4, 0.5) is 0 Å². The summed E-state index contributed by atoms with van der Waals surface area (Å²) in [6, 6.07) is 12.1. The zero-order valence-corrected chi connectivity index (χ0v) is 13.3. The summed E-state index contributed by atoms with van der Waals surface area (Å²) in [6.45, 7) is 6.51. The van der Waals surface area contributed by atoms with Gasteiger partial charge in [-0.1, -0.05) is 37.3 Å². The van der Waals surface area contributed by atoms with Crippen molar-refractivity contribution in [3.8, 4) is 0 Å². The van der Waals surface area contributed by atoms with Crippen molar-refractivity contribution in [1.82, 2.24) is 10.2 Å². The van der Waals surface area contributed by atoms with Crippen LogP contribution in [0.15, 0.2) is 30.3 Å². The Hall–Kier alpha value is -0.900. The topological polar surface area (TPSA) is 24.5 Å². The maximum absolute atomic E-state index is 5.33.